The van der Waals surface area contributed by atoms with Gasteiger partial charge in [0.25, 0.3) is 0 Å². The molecule has 0 aromatic carbocycles. The minimum Gasteiger partial charge on any atom is -0.353 e. The highest BCUT2D eigenvalue weighted by atomic mass is 35.5. The summed E-state index contributed by atoms with van der Waals surface area (Å²) in [6, 6.07) is 1.87. The third kappa shape index (κ3) is 5.75. The van der Waals surface area contributed by atoms with Crippen LogP contribution in [0.5, 0.6) is 0 Å². The molecule has 136 valence electrons. The van der Waals surface area contributed by atoms with Crippen LogP contribution in [0.15, 0.2) is 29.2 Å². The number of rotatable bonds is 7. The molecule has 0 radical (unpaired) electrons. The maximum Gasteiger partial charge on any atom is 0.241 e. The molecule has 1 amide bonds. The summed E-state index contributed by atoms with van der Waals surface area (Å²) in [6.45, 7) is 0.570. The minimum atomic E-state index is -0.390. The molecule has 2 heterocycles. The van der Waals surface area contributed by atoms with Crippen molar-refractivity contribution in [3.8, 4) is 0 Å². The number of aromatic nitrogens is 2. The van der Waals surface area contributed by atoms with Crippen LogP contribution in [-0.2, 0) is 11.8 Å². The summed E-state index contributed by atoms with van der Waals surface area (Å²) in [5, 5.41) is 14.4. The Hall–Kier alpha value is -1.12. The van der Waals surface area contributed by atoms with E-state index in [1.54, 1.807) is 29.3 Å². The van der Waals surface area contributed by atoms with Gasteiger partial charge in [0, 0.05) is 25.4 Å². The Morgan fingerprint density at radius 3 is 2.54 bits per heavy atom. The molecule has 2 unspecified atom stereocenters. The van der Waals surface area contributed by atoms with Crippen molar-refractivity contribution in [2.24, 2.45) is 7.05 Å². The number of halogens is 2. The van der Waals surface area contributed by atoms with Crippen LogP contribution in [0.1, 0.15) is 23.2 Å². The lowest BCUT2D eigenvalue weighted by atomic mass is 10.1. The molecule has 0 bridgehead atoms. The van der Waals surface area contributed by atoms with E-state index in [0.29, 0.717) is 6.54 Å². The van der Waals surface area contributed by atoms with Crippen LogP contribution in [0.25, 0.3) is 0 Å². The molecule has 0 aliphatic heterocycles. The fraction of sp³-hybridized carbons (Fsp3) is 0.467. The normalized spacial score (nSPS) is 12.9. The zero-order valence-electron chi connectivity index (χ0n) is 14.2. The SMILES string of the molecule is CNC(C(=O)NCC(c1ccsc1)N(C)C)c1cnn(C)c1.Cl.Cl. The Balaban J connectivity index is 0.00000264. The summed E-state index contributed by atoms with van der Waals surface area (Å²) >= 11 is 1.67. The molecule has 0 fully saturated rings. The Labute approximate surface area is 159 Å². The first-order valence-corrected chi connectivity index (χ1v) is 8.09. The molecule has 2 aromatic heterocycles. The van der Waals surface area contributed by atoms with Crippen molar-refractivity contribution in [3.63, 3.8) is 0 Å². The number of hydrogen-bond acceptors (Lipinski definition) is 5. The van der Waals surface area contributed by atoms with Gasteiger partial charge >= 0.3 is 0 Å². The molecule has 6 nitrogen and oxygen atoms in total. The van der Waals surface area contributed by atoms with E-state index in [9.17, 15) is 4.79 Å². The topological polar surface area (TPSA) is 62.2 Å². The molecular formula is C15H25Cl2N5OS. The van der Waals surface area contributed by atoms with Crippen LogP contribution in [0, 0.1) is 0 Å². The number of nitrogens with zero attached hydrogens (tertiary/aromatic N) is 3. The number of carbonyl (C=O) groups is 1. The van der Waals surface area contributed by atoms with Crippen LogP contribution in [-0.4, -0.2) is 48.3 Å². The number of likely N-dealkylation sites (N-methyl/N-ethyl adjacent to an activating group) is 2. The van der Waals surface area contributed by atoms with Gasteiger partial charge < -0.3 is 15.5 Å². The van der Waals surface area contributed by atoms with Crippen molar-refractivity contribution in [1.82, 2.24) is 25.3 Å². The lowest BCUT2D eigenvalue weighted by Crippen LogP contribution is -2.40. The van der Waals surface area contributed by atoms with Gasteiger partial charge in [0.2, 0.25) is 5.91 Å². The molecule has 2 N–H and O–H groups in total. The van der Waals surface area contributed by atoms with Gasteiger partial charge in [-0.15, -0.1) is 24.8 Å². The second-order valence-electron chi connectivity index (χ2n) is 5.45. The van der Waals surface area contributed by atoms with Crippen molar-refractivity contribution in [1.29, 1.82) is 0 Å². The van der Waals surface area contributed by atoms with E-state index in [1.807, 2.05) is 27.3 Å². The monoisotopic (exact) mass is 393 g/mol. The van der Waals surface area contributed by atoms with Crippen LogP contribution < -0.4 is 10.6 Å². The molecule has 2 atom stereocenters. The van der Waals surface area contributed by atoms with Crippen LogP contribution in [0.2, 0.25) is 0 Å². The van der Waals surface area contributed by atoms with E-state index in [4.69, 9.17) is 0 Å². The van der Waals surface area contributed by atoms with Crippen molar-refractivity contribution in [2.75, 3.05) is 27.7 Å². The minimum absolute atomic E-state index is 0. The zero-order chi connectivity index (χ0) is 16.1. The smallest absolute Gasteiger partial charge is 0.241 e. The maximum atomic E-state index is 12.5. The predicted octanol–water partition coefficient (Wildman–Crippen LogP) is 2.00. The average Bonchev–Trinajstić information content (AvgIpc) is 3.12. The van der Waals surface area contributed by atoms with Gasteiger partial charge in [-0.2, -0.15) is 16.4 Å². The van der Waals surface area contributed by atoms with E-state index in [1.165, 1.54) is 5.56 Å². The summed E-state index contributed by atoms with van der Waals surface area (Å²) < 4.78 is 1.70. The van der Waals surface area contributed by atoms with Crippen molar-refractivity contribution >= 4 is 42.1 Å². The molecule has 0 aliphatic rings. The molecule has 2 aromatic rings. The molecule has 0 aliphatic carbocycles. The summed E-state index contributed by atoms with van der Waals surface area (Å²) in [4.78, 5) is 14.6. The van der Waals surface area contributed by atoms with Gasteiger partial charge in [-0.3, -0.25) is 9.48 Å². The van der Waals surface area contributed by atoms with Gasteiger partial charge in [-0.1, -0.05) is 0 Å². The number of thiophene rings is 1. The Morgan fingerprint density at radius 1 is 1.38 bits per heavy atom. The standard InChI is InChI=1S/C15H23N5OS.2ClH/c1-16-14(12-7-18-20(4)9-12)15(21)17-8-13(19(2)3)11-5-6-22-10-11;;/h5-7,9-10,13-14,16H,8H2,1-4H3,(H,17,21);2*1H. The summed E-state index contributed by atoms with van der Waals surface area (Å²) in [5.41, 5.74) is 2.08. The highest BCUT2D eigenvalue weighted by Crippen LogP contribution is 2.20. The molecular weight excluding hydrogens is 369 g/mol. The summed E-state index contributed by atoms with van der Waals surface area (Å²) in [5.74, 6) is -0.0439. The predicted molar refractivity (Wildman–Crippen MR) is 103 cm³/mol. The molecule has 9 heteroatoms. The molecule has 0 saturated carbocycles. The van der Waals surface area contributed by atoms with Crippen LogP contribution in [0.3, 0.4) is 0 Å². The average molecular weight is 394 g/mol. The van der Waals surface area contributed by atoms with Gasteiger partial charge in [0.1, 0.15) is 6.04 Å². The lowest BCUT2D eigenvalue weighted by Gasteiger charge is -2.25. The van der Waals surface area contributed by atoms with E-state index in [-0.39, 0.29) is 42.8 Å². The summed E-state index contributed by atoms with van der Waals surface area (Å²) in [7, 11) is 7.66. The Morgan fingerprint density at radius 2 is 2.08 bits per heavy atom. The highest BCUT2D eigenvalue weighted by Gasteiger charge is 2.22. The third-order valence-electron chi connectivity index (χ3n) is 3.63. The summed E-state index contributed by atoms with van der Waals surface area (Å²) in [6.07, 6.45) is 3.56. The third-order valence-corrected chi connectivity index (χ3v) is 4.33. The van der Waals surface area contributed by atoms with E-state index in [2.05, 4.69) is 37.5 Å². The van der Waals surface area contributed by atoms with E-state index >= 15 is 0 Å². The Bertz CT molecular complexity index is 603. The van der Waals surface area contributed by atoms with E-state index < -0.39 is 0 Å². The maximum absolute atomic E-state index is 12.5. The quantitative estimate of drug-likeness (QED) is 0.754. The fourth-order valence-electron chi connectivity index (χ4n) is 2.40. The second kappa shape index (κ2) is 10.7. The van der Waals surface area contributed by atoms with Gasteiger partial charge in [-0.25, -0.2) is 0 Å². The van der Waals surface area contributed by atoms with Crippen LogP contribution in [0.4, 0.5) is 0 Å². The Kier molecular flexibility index (Phi) is 10.2. The van der Waals surface area contributed by atoms with Crippen LogP contribution >= 0.6 is 36.2 Å². The van der Waals surface area contributed by atoms with Gasteiger partial charge in [0.15, 0.2) is 0 Å². The van der Waals surface area contributed by atoms with Gasteiger partial charge in [0.05, 0.1) is 12.2 Å². The van der Waals surface area contributed by atoms with E-state index in [0.717, 1.165) is 5.56 Å². The molecule has 24 heavy (non-hydrogen) atoms. The molecule has 0 spiro atoms. The van der Waals surface area contributed by atoms with Crippen molar-refractivity contribution in [2.45, 2.75) is 12.1 Å². The number of amides is 1. The van der Waals surface area contributed by atoms with Crippen molar-refractivity contribution in [3.05, 3.63) is 40.3 Å². The zero-order valence-corrected chi connectivity index (χ0v) is 16.7. The lowest BCUT2D eigenvalue weighted by molar-refractivity contribution is -0.123. The molecule has 0 saturated heterocycles. The second-order valence-corrected chi connectivity index (χ2v) is 6.23. The van der Waals surface area contributed by atoms with Crippen molar-refractivity contribution < 1.29 is 4.79 Å². The fourth-order valence-corrected chi connectivity index (χ4v) is 3.11. The first kappa shape index (κ1) is 22.9. The first-order chi connectivity index (χ1) is 10.5. The number of aryl methyl sites for hydroxylation is 1. The largest absolute Gasteiger partial charge is 0.353 e. The number of hydrogen-bond donors (Lipinski definition) is 2. The van der Waals surface area contributed by atoms with Gasteiger partial charge in [-0.05, 0) is 43.5 Å². The number of nitrogens with one attached hydrogen (secondary N) is 2. The highest BCUT2D eigenvalue weighted by molar-refractivity contribution is 7.07. The first-order valence-electron chi connectivity index (χ1n) is 7.15. The number of carbonyl (C=O) groups excluding carboxylic acids is 1. The molecule has 2 rings (SSSR count).